The van der Waals surface area contributed by atoms with Gasteiger partial charge in [-0.2, -0.15) is 0 Å². The van der Waals surface area contributed by atoms with Crippen molar-refractivity contribution in [1.29, 1.82) is 0 Å². The second-order valence-electron chi connectivity index (χ2n) is 4.71. The van der Waals surface area contributed by atoms with Gasteiger partial charge in [0.15, 0.2) is 6.61 Å². The Balaban J connectivity index is 1.81. The fourth-order valence-corrected chi connectivity index (χ4v) is 1.98. The van der Waals surface area contributed by atoms with Crippen LogP contribution in [0.4, 0.5) is 4.39 Å². The van der Waals surface area contributed by atoms with E-state index in [1.807, 2.05) is 0 Å². The van der Waals surface area contributed by atoms with E-state index in [4.69, 9.17) is 23.2 Å². The summed E-state index contributed by atoms with van der Waals surface area (Å²) in [6.45, 7) is -0.707. The molecule has 2 aromatic carbocycles. The summed E-state index contributed by atoms with van der Waals surface area (Å²) in [7, 11) is 0. The summed E-state index contributed by atoms with van der Waals surface area (Å²) in [5.74, 6) is -3.28. The molecule has 0 spiro atoms. The van der Waals surface area contributed by atoms with Gasteiger partial charge in [0.25, 0.3) is 11.8 Å². The van der Waals surface area contributed by atoms with E-state index in [-0.39, 0.29) is 16.1 Å². The number of halogens is 3. The first kappa shape index (κ1) is 18.7. The largest absolute Gasteiger partial charge is 0.452 e. The average molecular weight is 385 g/mol. The first-order valence-corrected chi connectivity index (χ1v) is 7.59. The molecule has 0 aliphatic rings. The van der Waals surface area contributed by atoms with Crippen LogP contribution in [0.2, 0.25) is 10.0 Å². The number of amides is 2. The number of benzene rings is 2. The summed E-state index contributed by atoms with van der Waals surface area (Å²) in [4.78, 5) is 35.0. The Morgan fingerprint density at radius 1 is 0.960 bits per heavy atom. The summed E-state index contributed by atoms with van der Waals surface area (Å²) < 4.78 is 18.2. The Bertz CT molecular complexity index is 812. The van der Waals surface area contributed by atoms with E-state index in [2.05, 4.69) is 15.6 Å². The van der Waals surface area contributed by atoms with Crippen LogP contribution in [0, 0.1) is 5.82 Å². The highest BCUT2D eigenvalue weighted by atomic mass is 35.5. The van der Waals surface area contributed by atoms with Gasteiger partial charge in [0.1, 0.15) is 5.82 Å². The molecule has 6 nitrogen and oxygen atoms in total. The molecular formula is C16H11Cl2FN2O4. The topological polar surface area (TPSA) is 84.5 Å². The van der Waals surface area contributed by atoms with Crippen LogP contribution in [0.15, 0.2) is 42.5 Å². The van der Waals surface area contributed by atoms with Crippen LogP contribution in [0.3, 0.4) is 0 Å². The highest BCUT2D eigenvalue weighted by Gasteiger charge is 2.15. The van der Waals surface area contributed by atoms with E-state index in [0.29, 0.717) is 5.02 Å². The van der Waals surface area contributed by atoms with Gasteiger partial charge in [0.2, 0.25) is 0 Å². The number of hydrogen-bond acceptors (Lipinski definition) is 4. The Morgan fingerprint density at radius 2 is 1.60 bits per heavy atom. The fourth-order valence-electron chi connectivity index (χ4n) is 1.70. The lowest BCUT2D eigenvalue weighted by Crippen LogP contribution is -2.43. The van der Waals surface area contributed by atoms with Gasteiger partial charge in [-0.1, -0.05) is 23.2 Å². The Kier molecular flexibility index (Phi) is 6.32. The van der Waals surface area contributed by atoms with Crippen LogP contribution in [0.1, 0.15) is 20.7 Å². The number of nitrogens with one attached hydrogen (secondary N) is 2. The van der Waals surface area contributed by atoms with Crippen molar-refractivity contribution >= 4 is 41.0 Å². The summed E-state index contributed by atoms with van der Waals surface area (Å²) >= 11 is 11.3. The molecule has 0 unspecified atom stereocenters. The smallest absolute Gasteiger partial charge is 0.341 e. The number of esters is 1. The zero-order valence-corrected chi connectivity index (χ0v) is 14.0. The third-order valence-corrected chi connectivity index (χ3v) is 3.39. The first-order chi connectivity index (χ1) is 11.9. The molecule has 0 radical (unpaired) electrons. The van der Waals surface area contributed by atoms with Crippen LogP contribution >= 0.6 is 23.2 Å². The van der Waals surface area contributed by atoms with Crippen LogP contribution in [-0.4, -0.2) is 24.4 Å². The lowest BCUT2D eigenvalue weighted by molar-refractivity contribution is -0.125. The third-order valence-electron chi connectivity index (χ3n) is 2.91. The van der Waals surface area contributed by atoms with Gasteiger partial charge >= 0.3 is 5.97 Å². The van der Waals surface area contributed by atoms with Gasteiger partial charge in [0, 0.05) is 15.6 Å². The molecule has 2 N–H and O–H groups in total. The molecule has 25 heavy (non-hydrogen) atoms. The highest BCUT2D eigenvalue weighted by Crippen LogP contribution is 2.15. The Labute approximate surface area is 151 Å². The van der Waals surface area contributed by atoms with Crippen molar-refractivity contribution < 1.29 is 23.5 Å². The molecule has 0 bridgehead atoms. The number of rotatable bonds is 4. The predicted molar refractivity (Wildman–Crippen MR) is 88.8 cm³/mol. The number of carbonyl (C=O) groups is 3. The minimum Gasteiger partial charge on any atom is -0.452 e. The molecule has 0 heterocycles. The summed E-state index contributed by atoms with van der Waals surface area (Å²) in [6, 6.07) is 9.36. The zero-order chi connectivity index (χ0) is 18.4. The van der Waals surface area contributed by atoms with Gasteiger partial charge in [-0.15, -0.1) is 0 Å². The van der Waals surface area contributed by atoms with Crippen molar-refractivity contribution in [2.45, 2.75) is 0 Å². The summed E-state index contributed by atoms with van der Waals surface area (Å²) in [6.07, 6.45) is 0. The van der Waals surface area contributed by atoms with Crippen molar-refractivity contribution in [1.82, 2.24) is 10.9 Å². The van der Waals surface area contributed by atoms with Gasteiger partial charge in [-0.25, -0.2) is 9.18 Å². The Morgan fingerprint density at radius 3 is 2.24 bits per heavy atom. The second-order valence-corrected chi connectivity index (χ2v) is 5.58. The molecule has 0 saturated carbocycles. The normalized spacial score (nSPS) is 10.0. The quantitative estimate of drug-likeness (QED) is 0.626. The minimum atomic E-state index is -1.03. The number of carbonyl (C=O) groups excluding carboxylic acids is 3. The van der Waals surface area contributed by atoms with E-state index in [1.165, 1.54) is 30.3 Å². The van der Waals surface area contributed by atoms with E-state index < -0.39 is 30.2 Å². The maximum Gasteiger partial charge on any atom is 0.341 e. The van der Waals surface area contributed by atoms with Crippen LogP contribution in [0.5, 0.6) is 0 Å². The van der Waals surface area contributed by atoms with E-state index in [9.17, 15) is 18.8 Å². The fraction of sp³-hybridized carbons (Fsp3) is 0.0625. The van der Waals surface area contributed by atoms with Gasteiger partial charge < -0.3 is 4.74 Å². The second kappa shape index (κ2) is 8.46. The SMILES string of the molecule is O=C(COC(=O)c1ccc(Cl)cc1F)NNC(=O)c1ccc(Cl)cc1. The summed E-state index contributed by atoms with van der Waals surface area (Å²) in [5, 5.41) is 0.582. The molecule has 0 atom stereocenters. The van der Waals surface area contributed by atoms with Crippen molar-refractivity contribution in [2.24, 2.45) is 0 Å². The third kappa shape index (κ3) is 5.44. The van der Waals surface area contributed by atoms with Gasteiger partial charge in [-0.3, -0.25) is 20.4 Å². The lowest BCUT2D eigenvalue weighted by Gasteiger charge is -2.08. The molecule has 130 valence electrons. The van der Waals surface area contributed by atoms with E-state index in [0.717, 1.165) is 12.1 Å². The maximum absolute atomic E-state index is 13.5. The molecule has 0 aliphatic carbocycles. The molecule has 2 aromatic rings. The Hall–Kier alpha value is -2.64. The van der Waals surface area contributed by atoms with E-state index in [1.54, 1.807) is 0 Å². The monoisotopic (exact) mass is 384 g/mol. The van der Waals surface area contributed by atoms with Crippen molar-refractivity contribution in [3.05, 3.63) is 69.5 Å². The zero-order valence-electron chi connectivity index (χ0n) is 12.5. The first-order valence-electron chi connectivity index (χ1n) is 6.84. The van der Waals surface area contributed by atoms with Gasteiger partial charge in [-0.05, 0) is 42.5 Å². The molecular weight excluding hydrogens is 374 g/mol. The number of ether oxygens (including phenoxy) is 1. The molecule has 9 heteroatoms. The van der Waals surface area contributed by atoms with Crippen LogP contribution < -0.4 is 10.9 Å². The number of hydrogen-bond donors (Lipinski definition) is 2. The molecule has 0 aliphatic heterocycles. The minimum absolute atomic E-state index is 0.122. The molecule has 2 amide bonds. The average Bonchev–Trinajstić information content (AvgIpc) is 2.58. The molecule has 0 aromatic heterocycles. The van der Waals surface area contributed by atoms with E-state index >= 15 is 0 Å². The molecule has 2 rings (SSSR count). The van der Waals surface area contributed by atoms with Crippen molar-refractivity contribution in [2.75, 3.05) is 6.61 Å². The van der Waals surface area contributed by atoms with Crippen molar-refractivity contribution in [3.8, 4) is 0 Å². The van der Waals surface area contributed by atoms with Crippen LogP contribution in [-0.2, 0) is 9.53 Å². The molecule has 0 saturated heterocycles. The highest BCUT2D eigenvalue weighted by molar-refractivity contribution is 6.31. The lowest BCUT2D eigenvalue weighted by atomic mass is 10.2. The maximum atomic E-state index is 13.5. The standard InChI is InChI=1S/C16H11Cl2FN2O4/c17-10-3-1-9(2-4-10)15(23)21-20-14(22)8-25-16(24)12-6-5-11(18)7-13(12)19/h1-7H,8H2,(H,20,22)(H,21,23). The predicted octanol–water partition coefficient (Wildman–Crippen LogP) is 2.75. The molecule has 0 fully saturated rings. The summed E-state index contributed by atoms with van der Waals surface area (Å²) in [5.41, 5.74) is 4.11. The number of hydrazine groups is 1. The van der Waals surface area contributed by atoms with Crippen LogP contribution in [0.25, 0.3) is 0 Å². The van der Waals surface area contributed by atoms with Crippen molar-refractivity contribution in [3.63, 3.8) is 0 Å². The van der Waals surface area contributed by atoms with Gasteiger partial charge in [0.05, 0.1) is 5.56 Å².